The van der Waals surface area contributed by atoms with Crippen molar-refractivity contribution in [1.29, 1.82) is 0 Å². The number of carbonyl (C=O) groups excluding carboxylic acids is 1. The van der Waals surface area contributed by atoms with Crippen LogP contribution in [-0.4, -0.2) is 17.6 Å². The summed E-state index contributed by atoms with van der Waals surface area (Å²) in [6.07, 6.45) is 0. The van der Waals surface area contributed by atoms with Crippen molar-refractivity contribution in [3.63, 3.8) is 0 Å². The van der Waals surface area contributed by atoms with E-state index in [1.807, 2.05) is 18.2 Å². The highest BCUT2D eigenvalue weighted by molar-refractivity contribution is 6.30. The van der Waals surface area contributed by atoms with Gasteiger partial charge in [-0.1, -0.05) is 23.7 Å². The summed E-state index contributed by atoms with van der Waals surface area (Å²) in [7, 11) is 0. The number of rotatable bonds is 2. The largest absolute Gasteiger partial charge is 0.508 e. The lowest BCUT2D eigenvalue weighted by atomic mass is 10.1. The number of aromatic hydroxyl groups is 1. The number of carbonyl (C=O) groups is 1. The molecule has 0 fully saturated rings. The predicted octanol–water partition coefficient (Wildman–Crippen LogP) is 2.97. The highest BCUT2D eigenvalue weighted by atomic mass is 35.5. The summed E-state index contributed by atoms with van der Waals surface area (Å²) in [6, 6.07) is 12.0. The third-order valence-electron chi connectivity index (χ3n) is 3.12. The molecule has 4 nitrogen and oxygen atoms in total. The Labute approximate surface area is 121 Å². The second-order valence-electron chi connectivity index (χ2n) is 4.55. The van der Waals surface area contributed by atoms with E-state index >= 15 is 0 Å². The average molecular weight is 290 g/mol. The average Bonchev–Trinajstić information content (AvgIpc) is 2.42. The molecule has 0 saturated carbocycles. The maximum absolute atomic E-state index is 12.0. The van der Waals surface area contributed by atoms with Gasteiger partial charge in [0.05, 0.1) is 12.2 Å². The summed E-state index contributed by atoms with van der Waals surface area (Å²) in [5, 5.41) is 10.2. The number of fused-ring (bicyclic) bond motifs is 1. The molecule has 5 heteroatoms. The van der Waals surface area contributed by atoms with Gasteiger partial charge in [-0.2, -0.15) is 0 Å². The minimum Gasteiger partial charge on any atom is -0.508 e. The van der Waals surface area contributed by atoms with Crippen molar-refractivity contribution in [3.05, 3.63) is 53.1 Å². The Morgan fingerprint density at radius 2 is 2.10 bits per heavy atom. The van der Waals surface area contributed by atoms with E-state index in [2.05, 4.69) is 0 Å². The van der Waals surface area contributed by atoms with Gasteiger partial charge in [0.1, 0.15) is 11.5 Å². The first-order chi connectivity index (χ1) is 9.63. The quantitative estimate of drug-likeness (QED) is 0.925. The number of amides is 1. The van der Waals surface area contributed by atoms with Gasteiger partial charge in [-0.25, -0.2) is 0 Å². The number of hydrogen-bond acceptors (Lipinski definition) is 3. The molecule has 1 aliphatic rings. The van der Waals surface area contributed by atoms with Crippen LogP contribution < -0.4 is 9.64 Å². The molecule has 1 heterocycles. The second-order valence-corrected chi connectivity index (χ2v) is 4.99. The summed E-state index contributed by atoms with van der Waals surface area (Å²) >= 11 is 5.96. The van der Waals surface area contributed by atoms with Crippen LogP contribution in [0.25, 0.3) is 0 Å². The first-order valence-electron chi connectivity index (χ1n) is 6.14. The molecule has 1 amide bonds. The first kappa shape index (κ1) is 12.8. The van der Waals surface area contributed by atoms with Crippen LogP contribution in [0.15, 0.2) is 42.5 Å². The fourth-order valence-corrected chi connectivity index (χ4v) is 2.39. The molecule has 0 bridgehead atoms. The van der Waals surface area contributed by atoms with Gasteiger partial charge in [0.15, 0.2) is 6.61 Å². The van der Waals surface area contributed by atoms with Gasteiger partial charge in [0, 0.05) is 11.1 Å². The Hall–Kier alpha value is -2.20. The summed E-state index contributed by atoms with van der Waals surface area (Å²) in [5.41, 5.74) is 1.49. The first-order valence-corrected chi connectivity index (χ1v) is 6.52. The van der Waals surface area contributed by atoms with Gasteiger partial charge in [-0.15, -0.1) is 0 Å². The van der Waals surface area contributed by atoms with Crippen molar-refractivity contribution in [2.45, 2.75) is 6.54 Å². The number of halogens is 1. The molecule has 1 aliphatic heterocycles. The van der Waals surface area contributed by atoms with Crippen LogP contribution in [0, 0.1) is 0 Å². The van der Waals surface area contributed by atoms with Gasteiger partial charge >= 0.3 is 0 Å². The molecule has 20 heavy (non-hydrogen) atoms. The SMILES string of the molecule is O=C1COc2ccc(O)cc2N1Cc1cccc(Cl)c1. The fourth-order valence-electron chi connectivity index (χ4n) is 2.18. The minimum absolute atomic E-state index is 0.00165. The Balaban J connectivity index is 1.97. The van der Waals surface area contributed by atoms with Gasteiger partial charge in [-0.3, -0.25) is 4.79 Å². The fraction of sp³-hybridized carbons (Fsp3) is 0.133. The summed E-state index contributed by atoms with van der Waals surface area (Å²) in [4.78, 5) is 13.6. The zero-order valence-corrected chi connectivity index (χ0v) is 11.3. The number of hydrogen-bond donors (Lipinski definition) is 1. The van der Waals surface area contributed by atoms with Gasteiger partial charge in [0.2, 0.25) is 0 Å². The molecule has 0 unspecified atom stereocenters. The molecule has 102 valence electrons. The van der Waals surface area contributed by atoms with E-state index in [0.717, 1.165) is 5.56 Å². The maximum atomic E-state index is 12.0. The van der Waals surface area contributed by atoms with E-state index in [9.17, 15) is 9.90 Å². The second kappa shape index (κ2) is 5.06. The van der Waals surface area contributed by atoms with Crippen molar-refractivity contribution >= 4 is 23.2 Å². The molecular formula is C15H12ClNO3. The normalized spacial score (nSPS) is 13.8. The van der Waals surface area contributed by atoms with Crippen LogP contribution in [0.5, 0.6) is 11.5 Å². The Bertz CT molecular complexity index is 672. The van der Waals surface area contributed by atoms with E-state index in [1.54, 1.807) is 17.0 Å². The van der Waals surface area contributed by atoms with E-state index in [4.69, 9.17) is 16.3 Å². The van der Waals surface area contributed by atoms with Gasteiger partial charge in [0.25, 0.3) is 5.91 Å². The number of nitrogens with zero attached hydrogens (tertiary/aromatic N) is 1. The molecular weight excluding hydrogens is 278 g/mol. The van der Waals surface area contributed by atoms with Crippen LogP contribution in [0.4, 0.5) is 5.69 Å². The highest BCUT2D eigenvalue weighted by Gasteiger charge is 2.25. The topological polar surface area (TPSA) is 49.8 Å². The number of phenolic OH excluding ortho intramolecular Hbond substituents is 1. The van der Waals surface area contributed by atoms with Crippen LogP contribution >= 0.6 is 11.6 Å². The van der Waals surface area contributed by atoms with Crippen molar-refractivity contribution in [3.8, 4) is 11.5 Å². The Morgan fingerprint density at radius 1 is 1.25 bits per heavy atom. The molecule has 0 aromatic heterocycles. The van der Waals surface area contributed by atoms with Crippen molar-refractivity contribution in [2.24, 2.45) is 0 Å². The van der Waals surface area contributed by atoms with Crippen LogP contribution in [0.3, 0.4) is 0 Å². The lowest BCUT2D eigenvalue weighted by molar-refractivity contribution is -0.121. The molecule has 0 radical (unpaired) electrons. The monoisotopic (exact) mass is 289 g/mol. The molecule has 1 N–H and O–H groups in total. The number of benzene rings is 2. The smallest absolute Gasteiger partial charge is 0.265 e. The minimum atomic E-state index is -0.150. The van der Waals surface area contributed by atoms with Crippen molar-refractivity contribution in [1.82, 2.24) is 0 Å². The third-order valence-corrected chi connectivity index (χ3v) is 3.35. The van der Waals surface area contributed by atoms with Crippen LogP contribution in [0.2, 0.25) is 5.02 Å². The van der Waals surface area contributed by atoms with Crippen LogP contribution in [0.1, 0.15) is 5.56 Å². The summed E-state index contributed by atoms with van der Waals surface area (Å²) in [5.74, 6) is 0.533. The molecule has 0 aliphatic carbocycles. The Kier molecular flexibility index (Phi) is 3.24. The third kappa shape index (κ3) is 2.42. The van der Waals surface area contributed by atoms with Crippen LogP contribution in [-0.2, 0) is 11.3 Å². The predicted molar refractivity (Wildman–Crippen MR) is 76.2 cm³/mol. The highest BCUT2D eigenvalue weighted by Crippen LogP contribution is 2.35. The van der Waals surface area contributed by atoms with Crippen molar-refractivity contribution < 1.29 is 14.6 Å². The standard InChI is InChI=1S/C15H12ClNO3/c16-11-3-1-2-10(6-11)8-17-13-7-12(18)4-5-14(13)20-9-15(17)19/h1-7,18H,8-9H2. The zero-order valence-electron chi connectivity index (χ0n) is 10.5. The maximum Gasteiger partial charge on any atom is 0.265 e. The zero-order chi connectivity index (χ0) is 14.1. The molecule has 2 aromatic carbocycles. The van der Waals surface area contributed by atoms with E-state index in [-0.39, 0.29) is 18.3 Å². The summed E-state index contributed by atoms with van der Waals surface area (Å²) in [6.45, 7) is 0.386. The van der Waals surface area contributed by atoms with E-state index in [1.165, 1.54) is 12.1 Å². The lowest BCUT2D eigenvalue weighted by Crippen LogP contribution is -2.38. The van der Waals surface area contributed by atoms with E-state index < -0.39 is 0 Å². The molecule has 2 aromatic rings. The van der Waals surface area contributed by atoms with Crippen molar-refractivity contribution in [2.75, 3.05) is 11.5 Å². The molecule has 0 spiro atoms. The molecule has 0 atom stereocenters. The number of ether oxygens (including phenoxy) is 1. The number of phenols is 1. The van der Waals surface area contributed by atoms with Gasteiger partial charge in [-0.05, 0) is 29.8 Å². The number of anilines is 1. The summed E-state index contributed by atoms with van der Waals surface area (Å²) < 4.78 is 5.35. The molecule has 0 saturated heterocycles. The Morgan fingerprint density at radius 3 is 2.90 bits per heavy atom. The van der Waals surface area contributed by atoms with E-state index in [0.29, 0.717) is 23.0 Å². The van der Waals surface area contributed by atoms with Gasteiger partial charge < -0.3 is 14.7 Å². The lowest BCUT2D eigenvalue weighted by Gasteiger charge is -2.29. The molecule has 3 rings (SSSR count).